The second-order valence-corrected chi connectivity index (χ2v) is 8.21. The molecular formula is C24H34N4O5S. The van der Waals surface area contributed by atoms with Gasteiger partial charge in [-0.25, -0.2) is 0 Å². The first-order valence-electron chi connectivity index (χ1n) is 11.2. The summed E-state index contributed by atoms with van der Waals surface area (Å²) in [4.78, 5) is 23.9. The lowest BCUT2D eigenvalue weighted by Gasteiger charge is -2.16. The summed E-state index contributed by atoms with van der Waals surface area (Å²) >= 11 is 0.924. The number of nitrogens with zero attached hydrogens (tertiary/aromatic N) is 1. The van der Waals surface area contributed by atoms with Crippen molar-refractivity contribution in [2.45, 2.75) is 26.2 Å². The van der Waals surface area contributed by atoms with E-state index in [0.29, 0.717) is 24.4 Å². The summed E-state index contributed by atoms with van der Waals surface area (Å²) in [5, 5.41) is 19.6. The highest BCUT2D eigenvalue weighted by Gasteiger charge is 2.13. The van der Waals surface area contributed by atoms with Crippen molar-refractivity contribution >= 4 is 23.6 Å². The summed E-state index contributed by atoms with van der Waals surface area (Å²) in [6, 6.07) is 6.81. The Morgan fingerprint density at radius 2 is 2.00 bits per heavy atom. The number of thiocyanates is 1. The molecule has 0 bridgehead atoms. The van der Waals surface area contributed by atoms with Crippen LogP contribution in [0.2, 0.25) is 0 Å². The van der Waals surface area contributed by atoms with Gasteiger partial charge in [-0.3, -0.25) is 9.59 Å². The molecule has 0 saturated carbocycles. The second kappa shape index (κ2) is 18.6. The van der Waals surface area contributed by atoms with Crippen molar-refractivity contribution in [2.75, 3.05) is 52.6 Å². The first kappa shape index (κ1) is 29.3. The van der Waals surface area contributed by atoms with E-state index in [1.165, 1.54) is 0 Å². The predicted octanol–water partition coefficient (Wildman–Crippen LogP) is 1.75. The maximum Gasteiger partial charge on any atom is 0.251 e. The number of carbonyl (C=O) groups is 2. The monoisotopic (exact) mass is 490 g/mol. The molecule has 1 aromatic carbocycles. The number of thioether (sulfide) groups is 1. The lowest BCUT2D eigenvalue weighted by molar-refractivity contribution is -0.126. The Balaban J connectivity index is 2.34. The van der Waals surface area contributed by atoms with E-state index in [0.717, 1.165) is 18.3 Å². The van der Waals surface area contributed by atoms with Crippen molar-refractivity contribution in [3.8, 4) is 23.0 Å². The third-order valence-corrected chi connectivity index (χ3v) is 4.67. The molecule has 0 aliphatic rings. The van der Waals surface area contributed by atoms with E-state index in [2.05, 4.69) is 27.8 Å². The fourth-order valence-corrected chi connectivity index (χ4v) is 2.88. The topological polar surface area (TPSA) is 122 Å². The summed E-state index contributed by atoms with van der Waals surface area (Å²) in [7, 11) is 0. The van der Waals surface area contributed by atoms with Gasteiger partial charge in [0.2, 0.25) is 5.91 Å². The van der Waals surface area contributed by atoms with Crippen LogP contribution in [0.3, 0.4) is 0 Å². The lowest BCUT2D eigenvalue weighted by atomic mass is 10.2. The molecule has 34 heavy (non-hydrogen) atoms. The summed E-state index contributed by atoms with van der Waals surface area (Å²) < 4.78 is 16.6. The van der Waals surface area contributed by atoms with Gasteiger partial charge >= 0.3 is 0 Å². The molecule has 0 aromatic heterocycles. The molecule has 3 N–H and O–H groups in total. The van der Waals surface area contributed by atoms with Crippen LogP contribution in [0.25, 0.3) is 0 Å². The maximum absolute atomic E-state index is 12.2. The van der Waals surface area contributed by atoms with Gasteiger partial charge in [0.25, 0.3) is 5.91 Å². The first-order chi connectivity index (χ1) is 16.5. The molecular weight excluding hydrogens is 456 g/mol. The Kier molecular flexibility index (Phi) is 16.1. The van der Waals surface area contributed by atoms with Gasteiger partial charge < -0.3 is 30.2 Å². The summed E-state index contributed by atoms with van der Waals surface area (Å²) in [5.74, 6) is 6.14. The zero-order valence-electron chi connectivity index (χ0n) is 20.0. The van der Waals surface area contributed by atoms with Crippen molar-refractivity contribution in [3.05, 3.63) is 29.8 Å². The molecule has 186 valence electrons. The molecule has 0 aliphatic carbocycles. The van der Waals surface area contributed by atoms with Crippen LogP contribution in [-0.2, 0) is 14.3 Å². The van der Waals surface area contributed by atoms with Crippen LogP contribution in [0, 0.1) is 28.4 Å². The molecule has 1 atom stereocenters. The maximum atomic E-state index is 12.2. The summed E-state index contributed by atoms with van der Waals surface area (Å²) in [6.07, 6.45) is 0. The second-order valence-electron chi connectivity index (χ2n) is 7.26. The molecule has 10 heteroatoms. The molecule has 0 spiro atoms. The van der Waals surface area contributed by atoms with Gasteiger partial charge in [-0.2, -0.15) is 5.26 Å². The van der Waals surface area contributed by atoms with Gasteiger partial charge in [-0.1, -0.05) is 38.7 Å². The number of hydrogen-bond acceptors (Lipinski definition) is 8. The van der Waals surface area contributed by atoms with Gasteiger partial charge in [0.15, 0.2) is 5.44 Å². The Morgan fingerprint density at radius 1 is 1.18 bits per heavy atom. The number of hydrogen-bond donors (Lipinski definition) is 3. The number of amides is 2. The average Bonchev–Trinajstić information content (AvgIpc) is 2.82. The molecule has 0 fully saturated rings. The highest BCUT2D eigenvalue weighted by atomic mass is 32.2. The molecule has 1 aromatic rings. The summed E-state index contributed by atoms with van der Waals surface area (Å²) in [6.45, 7) is 8.71. The third-order valence-electron chi connectivity index (χ3n) is 4.03. The van der Waals surface area contributed by atoms with E-state index in [4.69, 9.17) is 19.5 Å². The van der Waals surface area contributed by atoms with Crippen LogP contribution in [0.15, 0.2) is 24.3 Å². The molecule has 1 rings (SSSR count). The number of carbonyl (C=O) groups excluding carboxylic acids is 2. The Bertz CT molecular complexity index is 848. The standard InChI is InChI=1S/C24H34N4O5S/c1-4-26-11-12-28-24(30)20-8-5-9-21(15-20)33-17-23(34-18-25)32-14-13-31-16-22(29)27-10-6-7-19(2)3/h5,8-9,15,19,23,26H,4,10-14,16-17H2,1-3H3,(H,27,29)(H,28,30). The number of rotatable bonds is 16. The van der Waals surface area contributed by atoms with Crippen molar-refractivity contribution in [1.82, 2.24) is 16.0 Å². The number of ether oxygens (including phenoxy) is 3. The van der Waals surface area contributed by atoms with Gasteiger partial charge in [0, 0.05) is 24.6 Å². The van der Waals surface area contributed by atoms with Gasteiger partial charge in [-0.15, -0.1) is 0 Å². The third kappa shape index (κ3) is 14.4. The minimum atomic E-state index is -0.550. The molecule has 0 saturated heterocycles. The van der Waals surface area contributed by atoms with Crippen LogP contribution in [-0.4, -0.2) is 69.9 Å². The van der Waals surface area contributed by atoms with Gasteiger partial charge in [0.05, 0.1) is 19.8 Å². The summed E-state index contributed by atoms with van der Waals surface area (Å²) in [5.41, 5.74) is -0.0624. The van der Waals surface area contributed by atoms with E-state index in [1.807, 2.05) is 26.2 Å². The predicted molar refractivity (Wildman–Crippen MR) is 132 cm³/mol. The number of benzene rings is 1. The zero-order chi connectivity index (χ0) is 25.0. The van der Waals surface area contributed by atoms with Crippen molar-refractivity contribution in [3.63, 3.8) is 0 Å². The molecule has 0 radical (unpaired) electrons. The average molecular weight is 491 g/mol. The fourth-order valence-electron chi connectivity index (χ4n) is 2.46. The highest BCUT2D eigenvalue weighted by Crippen LogP contribution is 2.17. The van der Waals surface area contributed by atoms with Crippen LogP contribution >= 0.6 is 11.8 Å². The largest absolute Gasteiger partial charge is 0.490 e. The molecule has 9 nitrogen and oxygen atoms in total. The van der Waals surface area contributed by atoms with Crippen LogP contribution < -0.4 is 20.7 Å². The van der Waals surface area contributed by atoms with Crippen LogP contribution in [0.5, 0.6) is 5.75 Å². The SMILES string of the molecule is CCNCCNC(=O)c1cccc(OCC(OCCOCC(=O)NCC#CC(C)C)SC#N)c1. The number of nitriles is 1. The van der Waals surface area contributed by atoms with Gasteiger partial charge in [0.1, 0.15) is 24.4 Å². The van der Waals surface area contributed by atoms with Gasteiger partial charge in [-0.05, 0) is 36.5 Å². The zero-order valence-corrected chi connectivity index (χ0v) is 20.8. The smallest absolute Gasteiger partial charge is 0.251 e. The lowest BCUT2D eigenvalue weighted by Crippen LogP contribution is -2.31. The van der Waals surface area contributed by atoms with E-state index in [-0.39, 0.29) is 50.7 Å². The molecule has 1 unspecified atom stereocenters. The Morgan fingerprint density at radius 3 is 2.74 bits per heavy atom. The minimum Gasteiger partial charge on any atom is -0.490 e. The fraction of sp³-hybridized carbons (Fsp3) is 0.542. The van der Waals surface area contributed by atoms with Crippen LogP contribution in [0.1, 0.15) is 31.1 Å². The van der Waals surface area contributed by atoms with Crippen molar-refractivity contribution < 1.29 is 23.8 Å². The van der Waals surface area contributed by atoms with Crippen LogP contribution in [0.4, 0.5) is 0 Å². The van der Waals surface area contributed by atoms with Crippen molar-refractivity contribution in [1.29, 1.82) is 5.26 Å². The number of nitrogens with one attached hydrogen (secondary N) is 3. The van der Waals surface area contributed by atoms with E-state index >= 15 is 0 Å². The number of likely N-dealkylation sites (N-methyl/N-ethyl adjacent to an activating group) is 1. The molecule has 2 amide bonds. The normalized spacial score (nSPS) is 11.1. The van der Waals surface area contributed by atoms with E-state index < -0.39 is 5.44 Å². The van der Waals surface area contributed by atoms with Crippen molar-refractivity contribution in [2.24, 2.45) is 5.92 Å². The Labute approximate surface area is 206 Å². The quantitative estimate of drug-likeness (QED) is 0.139. The molecule has 0 heterocycles. The highest BCUT2D eigenvalue weighted by molar-refractivity contribution is 8.04. The van der Waals surface area contributed by atoms with E-state index in [1.54, 1.807) is 24.3 Å². The van der Waals surface area contributed by atoms with E-state index in [9.17, 15) is 9.59 Å². The first-order valence-corrected chi connectivity index (χ1v) is 12.0. The molecule has 0 aliphatic heterocycles. The Hall–Kier alpha value is -2.76. The minimum absolute atomic E-state index is 0.0946.